The number of ether oxygens (including phenoxy) is 1. The van der Waals surface area contributed by atoms with Gasteiger partial charge in [-0.25, -0.2) is 9.78 Å². The number of hydrogen-bond donors (Lipinski definition) is 0. The molecule has 3 rings (SSSR count). The number of piperidine rings is 1. The number of nitrogens with zero attached hydrogens (tertiary/aromatic N) is 3. The number of anilines is 1. The van der Waals surface area contributed by atoms with Crippen molar-refractivity contribution in [1.29, 1.82) is 0 Å². The Bertz CT molecular complexity index is 675. The van der Waals surface area contributed by atoms with Gasteiger partial charge in [0.05, 0.1) is 5.56 Å². The predicted octanol–water partition coefficient (Wildman–Crippen LogP) is 4.33. The van der Waals surface area contributed by atoms with Crippen molar-refractivity contribution in [2.24, 2.45) is 5.41 Å². The van der Waals surface area contributed by atoms with Gasteiger partial charge >= 0.3 is 12.3 Å². The summed E-state index contributed by atoms with van der Waals surface area (Å²) in [6.07, 6.45) is -1.05. The zero-order valence-corrected chi connectivity index (χ0v) is 16.0. The molecule has 3 heterocycles. The molecule has 8 heteroatoms. The number of likely N-dealkylation sites (tertiary alicyclic amines) is 1. The van der Waals surface area contributed by atoms with Gasteiger partial charge in [0, 0.05) is 32.4 Å². The molecular weight excluding hydrogens is 359 g/mol. The molecule has 1 spiro atoms. The van der Waals surface area contributed by atoms with Crippen molar-refractivity contribution in [2.75, 3.05) is 31.1 Å². The summed E-state index contributed by atoms with van der Waals surface area (Å²) in [5.41, 5.74) is -1.17. The van der Waals surface area contributed by atoms with Crippen molar-refractivity contribution in [3.63, 3.8) is 0 Å². The topological polar surface area (TPSA) is 45.7 Å². The summed E-state index contributed by atoms with van der Waals surface area (Å²) < 4.78 is 43.5. The Labute approximate surface area is 157 Å². The zero-order chi connectivity index (χ0) is 19.9. The number of carbonyl (C=O) groups is 1. The SMILES string of the molecule is CC(C)(C)OC(=O)N1CCC2(CCN(c3ccc(C(F)(F)F)cn3)CC2)C1. The number of rotatable bonds is 1. The van der Waals surface area contributed by atoms with Crippen molar-refractivity contribution in [3.05, 3.63) is 23.9 Å². The third-order valence-electron chi connectivity index (χ3n) is 5.31. The third kappa shape index (κ3) is 4.65. The van der Waals surface area contributed by atoms with Gasteiger partial charge in [0.15, 0.2) is 0 Å². The summed E-state index contributed by atoms with van der Waals surface area (Å²) >= 11 is 0. The smallest absolute Gasteiger partial charge is 0.417 e. The van der Waals surface area contributed by atoms with E-state index in [1.165, 1.54) is 6.07 Å². The van der Waals surface area contributed by atoms with Crippen molar-refractivity contribution >= 4 is 11.9 Å². The lowest BCUT2D eigenvalue weighted by atomic mass is 9.78. The van der Waals surface area contributed by atoms with Gasteiger partial charge in [-0.1, -0.05) is 0 Å². The largest absolute Gasteiger partial charge is 0.444 e. The second kappa shape index (κ2) is 6.87. The molecule has 0 radical (unpaired) electrons. The maximum absolute atomic E-state index is 12.7. The molecule has 0 aliphatic carbocycles. The van der Waals surface area contributed by atoms with Gasteiger partial charge < -0.3 is 14.5 Å². The van der Waals surface area contributed by atoms with E-state index in [4.69, 9.17) is 4.74 Å². The molecule has 1 aromatic rings. The molecule has 0 aromatic carbocycles. The van der Waals surface area contributed by atoms with Crippen LogP contribution in [0.1, 0.15) is 45.6 Å². The van der Waals surface area contributed by atoms with Gasteiger partial charge in [-0.15, -0.1) is 0 Å². The van der Waals surface area contributed by atoms with Gasteiger partial charge in [-0.2, -0.15) is 13.2 Å². The van der Waals surface area contributed by atoms with Gasteiger partial charge in [-0.05, 0) is 57.6 Å². The number of halogens is 3. The van der Waals surface area contributed by atoms with Crippen LogP contribution < -0.4 is 4.90 Å². The molecule has 27 heavy (non-hydrogen) atoms. The highest BCUT2D eigenvalue weighted by Gasteiger charge is 2.43. The monoisotopic (exact) mass is 385 g/mol. The number of alkyl halides is 3. The maximum Gasteiger partial charge on any atom is 0.417 e. The van der Waals surface area contributed by atoms with Crippen molar-refractivity contribution in [2.45, 2.75) is 51.8 Å². The quantitative estimate of drug-likeness (QED) is 0.722. The van der Waals surface area contributed by atoms with Crippen molar-refractivity contribution < 1.29 is 22.7 Å². The summed E-state index contributed by atoms with van der Waals surface area (Å²) in [6.45, 7) is 8.37. The van der Waals surface area contributed by atoms with Crippen molar-refractivity contribution in [1.82, 2.24) is 9.88 Å². The highest BCUT2D eigenvalue weighted by Crippen LogP contribution is 2.41. The first-order valence-corrected chi connectivity index (χ1v) is 9.24. The lowest BCUT2D eigenvalue weighted by Crippen LogP contribution is -2.43. The Morgan fingerprint density at radius 3 is 2.26 bits per heavy atom. The molecule has 0 atom stereocenters. The van der Waals surface area contributed by atoms with Crippen LogP contribution in [0.3, 0.4) is 0 Å². The number of carbonyl (C=O) groups excluding carboxylic acids is 1. The third-order valence-corrected chi connectivity index (χ3v) is 5.31. The average molecular weight is 385 g/mol. The summed E-state index contributed by atoms with van der Waals surface area (Å²) in [7, 11) is 0. The number of pyridine rings is 1. The molecule has 1 amide bonds. The van der Waals surface area contributed by atoms with Gasteiger partial charge in [0.25, 0.3) is 0 Å². The molecule has 2 saturated heterocycles. The standard InChI is InChI=1S/C19H26F3N3O2/c1-17(2,3)27-16(26)25-11-8-18(13-25)6-9-24(10-7-18)15-5-4-14(12-23-15)19(20,21)22/h4-5,12H,6-11,13H2,1-3H3. The molecule has 0 N–H and O–H groups in total. The van der Waals surface area contributed by atoms with E-state index < -0.39 is 17.3 Å². The van der Waals surface area contributed by atoms with Crippen LogP contribution in [0.5, 0.6) is 0 Å². The minimum Gasteiger partial charge on any atom is -0.444 e. The number of aromatic nitrogens is 1. The van der Waals surface area contributed by atoms with Crippen LogP contribution in [0, 0.1) is 5.41 Å². The molecule has 0 unspecified atom stereocenters. The first kappa shape index (κ1) is 19.8. The van der Waals surface area contributed by atoms with Crippen LogP contribution in [0.4, 0.5) is 23.8 Å². The van der Waals surface area contributed by atoms with Crippen LogP contribution in [0.25, 0.3) is 0 Å². The molecule has 2 fully saturated rings. The fourth-order valence-electron chi connectivity index (χ4n) is 3.78. The van der Waals surface area contributed by atoms with E-state index >= 15 is 0 Å². The molecule has 150 valence electrons. The van der Waals surface area contributed by atoms with E-state index in [2.05, 4.69) is 4.98 Å². The summed E-state index contributed by atoms with van der Waals surface area (Å²) in [5.74, 6) is 0.569. The van der Waals surface area contributed by atoms with E-state index in [1.54, 1.807) is 4.90 Å². The van der Waals surface area contributed by atoms with Crippen LogP contribution in [-0.4, -0.2) is 47.8 Å². The first-order chi connectivity index (χ1) is 12.5. The average Bonchev–Trinajstić information content (AvgIpc) is 2.97. The molecular formula is C19H26F3N3O2. The maximum atomic E-state index is 12.7. The van der Waals surface area contributed by atoms with Crippen molar-refractivity contribution in [3.8, 4) is 0 Å². The van der Waals surface area contributed by atoms with Crippen LogP contribution in [0.2, 0.25) is 0 Å². The second-order valence-corrected chi connectivity index (χ2v) is 8.54. The number of hydrogen-bond acceptors (Lipinski definition) is 4. The van der Waals surface area contributed by atoms with Crippen LogP contribution in [0.15, 0.2) is 18.3 Å². The molecule has 0 saturated carbocycles. The fraction of sp³-hybridized carbons (Fsp3) is 0.684. The van der Waals surface area contributed by atoms with E-state index in [0.29, 0.717) is 18.9 Å². The summed E-state index contributed by atoms with van der Waals surface area (Å²) in [4.78, 5) is 20.1. The zero-order valence-electron chi connectivity index (χ0n) is 16.0. The molecule has 1 aromatic heterocycles. The normalized spacial score (nSPS) is 20.2. The van der Waals surface area contributed by atoms with Crippen LogP contribution in [-0.2, 0) is 10.9 Å². The Morgan fingerprint density at radius 1 is 1.11 bits per heavy atom. The highest BCUT2D eigenvalue weighted by molar-refractivity contribution is 5.68. The Balaban J connectivity index is 1.57. The Morgan fingerprint density at radius 2 is 1.74 bits per heavy atom. The molecule has 2 aliphatic rings. The summed E-state index contributed by atoms with van der Waals surface area (Å²) in [5, 5.41) is 0. The molecule has 0 bridgehead atoms. The minimum absolute atomic E-state index is 0.0688. The summed E-state index contributed by atoms with van der Waals surface area (Å²) in [6, 6.07) is 2.51. The van der Waals surface area contributed by atoms with E-state index in [-0.39, 0.29) is 11.5 Å². The van der Waals surface area contributed by atoms with Gasteiger partial charge in [-0.3, -0.25) is 0 Å². The Kier molecular flexibility index (Phi) is 5.03. The lowest BCUT2D eigenvalue weighted by molar-refractivity contribution is -0.137. The van der Waals surface area contributed by atoms with Gasteiger partial charge in [0.1, 0.15) is 11.4 Å². The Hall–Kier alpha value is -1.99. The number of amides is 1. The molecule has 2 aliphatic heterocycles. The van der Waals surface area contributed by atoms with Gasteiger partial charge in [0.2, 0.25) is 0 Å². The lowest BCUT2D eigenvalue weighted by Gasteiger charge is -2.39. The molecule has 5 nitrogen and oxygen atoms in total. The van der Waals surface area contributed by atoms with E-state index in [9.17, 15) is 18.0 Å². The fourth-order valence-corrected chi connectivity index (χ4v) is 3.78. The van der Waals surface area contributed by atoms with E-state index in [1.807, 2.05) is 25.7 Å². The van der Waals surface area contributed by atoms with E-state index in [0.717, 1.165) is 44.6 Å². The second-order valence-electron chi connectivity index (χ2n) is 8.54. The highest BCUT2D eigenvalue weighted by atomic mass is 19.4. The first-order valence-electron chi connectivity index (χ1n) is 9.24. The van der Waals surface area contributed by atoms with Crippen LogP contribution >= 0.6 is 0 Å². The predicted molar refractivity (Wildman–Crippen MR) is 95.5 cm³/mol. The minimum atomic E-state index is -4.37.